The van der Waals surface area contributed by atoms with Gasteiger partial charge in [0, 0.05) is 24.9 Å². The summed E-state index contributed by atoms with van der Waals surface area (Å²) in [6.07, 6.45) is 3.62. The van der Waals surface area contributed by atoms with Crippen LogP contribution >= 0.6 is 22.6 Å². The number of ether oxygens (including phenoxy) is 1. The van der Waals surface area contributed by atoms with Gasteiger partial charge in [-0.1, -0.05) is 0 Å². The van der Waals surface area contributed by atoms with E-state index in [-0.39, 0.29) is 18.0 Å². The van der Waals surface area contributed by atoms with Crippen LogP contribution in [0.2, 0.25) is 0 Å². The lowest BCUT2D eigenvalue weighted by molar-refractivity contribution is -0.116. The molecule has 0 atom stereocenters. The number of halogens is 1. The molecule has 0 fully saturated rings. The molecule has 2 aromatic rings. The molecule has 1 amide bonds. The Morgan fingerprint density at radius 3 is 2.74 bits per heavy atom. The van der Waals surface area contributed by atoms with Crippen LogP contribution in [-0.4, -0.2) is 38.5 Å². The molecule has 0 saturated carbocycles. The molecule has 8 nitrogen and oxygen atoms in total. The summed E-state index contributed by atoms with van der Waals surface area (Å²) in [6.45, 7) is 4.90. The number of aromatic nitrogens is 4. The van der Waals surface area contributed by atoms with Crippen molar-refractivity contribution in [3.8, 4) is 0 Å². The minimum Gasteiger partial charge on any atom is -0.464 e. The average molecular weight is 431 g/mol. The van der Waals surface area contributed by atoms with Crippen LogP contribution in [0, 0.1) is 10.5 Å². The van der Waals surface area contributed by atoms with Crippen molar-refractivity contribution in [2.24, 2.45) is 0 Å². The van der Waals surface area contributed by atoms with E-state index in [0.717, 1.165) is 9.26 Å². The zero-order valence-electron chi connectivity index (χ0n) is 13.2. The molecule has 0 radical (unpaired) electrons. The van der Waals surface area contributed by atoms with E-state index in [1.54, 1.807) is 21.8 Å². The molecule has 0 spiro atoms. The number of amides is 1. The molecule has 0 bridgehead atoms. The number of carbonyl (C=O) groups is 2. The molecule has 1 N–H and O–H groups in total. The average Bonchev–Trinajstić information content (AvgIpc) is 3.09. The van der Waals surface area contributed by atoms with Gasteiger partial charge in [0.25, 0.3) is 0 Å². The van der Waals surface area contributed by atoms with Crippen LogP contribution in [-0.2, 0) is 22.6 Å². The summed E-state index contributed by atoms with van der Waals surface area (Å²) >= 11 is 2.20. The Hall–Kier alpha value is -1.91. The molecule has 0 unspecified atom stereocenters. The molecular weight excluding hydrogens is 413 g/mol. The topological polar surface area (TPSA) is 91.0 Å². The number of nitrogens with one attached hydrogen (secondary N) is 1. The molecule has 23 heavy (non-hydrogen) atoms. The number of hydrogen-bond acceptors (Lipinski definition) is 5. The molecule has 124 valence electrons. The van der Waals surface area contributed by atoms with Crippen LogP contribution < -0.4 is 5.32 Å². The summed E-state index contributed by atoms with van der Waals surface area (Å²) in [5.41, 5.74) is 1.48. The lowest BCUT2D eigenvalue weighted by Gasteiger charge is -2.06. The number of aryl methyl sites for hydroxylation is 2. The van der Waals surface area contributed by atoms with E-state index in [0.29, 0.717) is 18.8 Å². The first kappa shape index (κ1) is 17.4. The number of hydrogen-bond donors (Lipinski definition) is 1. The fourth-order valence-corrected chi connectivity index (χ4v) is 2.39. The lowest BCUT2D eigenvalue weighted by Crippen LogP contribution is -2.17. The number of methoxy groups -OCH3 is 1. The highest BCUT2D eigenvalue weighted by molar-refractivity contribution is 14.1. The van der Waals surface area contributed by atoms with Crippen LogP contribution in [0.3, 0.4) is 0 Å². The quantitative estimate of drug-likeness (QED) is 0.557. The summed E-state index contributed by atoms with van der Waals surface area (Å²) in [4.78, 5) is 23.8. The van der Waals surface area contributed by atoms with Crippen molar-refractivity contribution in [2.75, 3.05) is 12.4 Å². The number of anilines is 1. The summed E-state index contributed by atoms with van der Waals surface area (Å²) in [5.74, 6) is -0.791. The van der Waals surface area contributed by atoms with Crippen LogP contribution in [0.4, 0.5) is 5.69 Å². The van der Waals surface area contributed by atoms with Crippen LogP contribution in [0.15, 0.2) is 12.4 Å². The third-order valence-corrected chi connectivity index (χ3v) is 4.39. The number of rotatable bonds is 6. The molecule has 2 rings (SSSR count). The number of carbonyl (C=O) groups excluding carboxylic acids is 2. The highest BCUT2D eigenvalue weighted by Crippen LogP contribution is 2.16. The van der Waals surface area contributed by atoms with Gasteiger partial charge in [0.15, 0.2) is 5.69 Å². The van der Waals surface area contributed by atoms with E-state index in [1.807, 2.05) is 13.8 Å². The van der Waals surface area contributed by atoms with Crippen LogP contribution in [0.1, 0.15) is 29.5 Å². The molecule has 0 aliphatic rings. The first-order chi connectivity index (χ1) is 11.0. The smallest absolute Gasteiger partial charge is 0.360 e. The fourth-order valence-electron chi connectivity index (χ4n) is 1.99. The molecule has 0 saturated heterocycles. The Bertz CT molecular complexity index is 722. The molecule has 9 heteroatoms. The zero-order valence-corrected chi connectivity index (χ0v) is 15.3. The van der Waals surface area contributed by atoms with Gasteiger partial charge >= 0.3 is 5.97 Å². The molecule has 2 heterocycles. The molecule has 0 aliphatic heterocycles. The maximum absolute atomic E-state index is 12.1. The Morgan fingerprint density at radius 2 is 2.17 bits per heavy atom. The van der Waals surface area contributed by atoms with E-state index < -0.39 is 5.97 Å². The Balaban J connectivity index is 2.03. The Labute approximate surface area is 147 Å². The molecule has 0 aromatic carbocycles. The second kappa shape index (κ2) is 7.57. The molecular formula is C14H18IN5O3. The largest absolute Gasteiger partial charge is 0.464 e. The van der Waals surface area contributed by atoms with Crippen molar-refractivity contribution in [3.63, 3.8) is 0 Å². The van der Waals surface area contributed by atoms with Gasteiger partial charge in [0.05, 0.1) is 29.1 Å². The maximum Gasteiger partial charge on any atom is 0.360 e. The number of nitrogens with zero attached hydrogens (tertiary/aromatic N) is 4. The van der Waals surface area contributed by atoms with E-state index >= 15 is 0 Å². The summed E-state index contributed by atoms with van der Waals surface area (Å²) in [5, 5.41) is 11.0. The van der Waals surface area contributed by atoms with Gasteiger partial charge in [-0.05, 0) is 36.4 Å². The second-order valence-electron chi connectivity index (χ2n) is 4.84. The summed E-state index contributed by atoms with van der Waals surface area (Å²) < 4.78 is 9.09. The van der Waals surface area contributed by atoms with Crippen LogP contribution in [0.25, 0.3) is 0 Å². The van der Waals surface area contributed by atoms with Gasteiger partial charge in [-0.3, -0.25) is 14.2 Å². The zero-order chi connectivity index (χ0) is 17.0. The normalized spacial score (nSPS) is 10.6. The Kier molecular flexibility index (Phi) is 5.74. The highest BCUT2D eigenvalue weighted by atomic mass is 127. The first-order valence-corrected chi connectivity index (χ1v) is 8.17. The van der Waals surface area contributed by atoms with E-state index in [4.69, 9.17) is 0 Å². The maximum atomic E-state index is 12.1. The second-order valence-corrected chi connectivity index (χ2v) is 6.00. The van der Waals surface area contributed by atoms with E-state index in [1.165, 1.54) is 7.11 Å². The highest BCUT2D eigenvalue weighted by Gasteiger charge is 2.19. The van der Waals surface area contributed by atoms with Crippen molar-refractivity contribution in [1.82, 2.24) is 19.6 Å². The fraction of sp³-hybridized carbons (Fsp3) is 0.429. The predicted molar refractivity (Wildman–Crippen MR) is 92.2 cm³/mol. The summed E-state index contributed by atoms with van der Waals surface area (Å²) in [6, 6.07) is 0. The summed E-state index contributed by atoms with van der Waals surface area (Å²) in [7, 11) is 1.28. The molecule has 0 aliphatic carbocycles. The van der Waals surface area contributed by atoms with Gasteiger partial charge in [-0.25, -0.2) is 4.79 Å². The van der Waals surface area contributed by atoms with E-state index in [2.05, 4.69) is 42.8 Å². The van der Waals surface area contributed by atoms with Gasteiger partial charge in [-0.15, -0.1) is 0 Å². The number of esters is 1. The van der Waals surface area contributed by atoms with Gasteiger partial charge in [-0.2, -0.15) is 10.2 Å². The standard InChI is InChI=1S/C14H18IN5O3/c1-4-19-8-11(13(18-19)14(22)23-3)17-12(21)5-6-20-9(2)10(15)7-16-20/h7-8H,4-6H2,1-3H3,(H,17,21). The predicted octanol–water partition coefficient (Wildman–Crippen LogP) is 1.83. The van der Waals surface area contributed by atoms with Crippen molar-refractivity contribution in [3.05, 3.63) is 27.4 Å². The lowest BCUT2D eigenvalue weighted by atomic mass is 10.3. The Morgan fingerprint density at radius 1 is 1.43 bits per heavy atom. The van der Waals surface area contributed by atoms with Crippen LogP contribution in [0.5, 0.6) is 0 Å². The first-order valence-electron chi connectivity index (χ1n) is 7.09. The van der Waals surface area contributed by atoms with Crippen molar-refractivity contribution in [2.45, 2.75) is 33.4 Å². The third-order valence-electron chi connectivity index (χ3n) is 3.33. The minimum atomic E-state index is -0.579. The third kappa shape index (κ3) is 4.09. The minimum absolute atomic E-state index is 0.104. The monoisotopic (exact) mass is 431 g/mol. The molecule has 2 aromatic heterocycles. The van der Waals surface area contributed by atoms with Gasteiger partial charge < -0.3 is 10.1 Å². The van der Waals surface area contributed by atoms with Crippen molar-refractivity contribution < 1.29 is 14.3 Å². The van der Waals surface area contributed by atoms with Gasteiger partial charge in [0.2, 0.25) is 5.91 Å². The van der Waals surface area contributed by atoms with Crippen molar-refractivity contribution in [1.29, 1.82) is 0 Å². The van der Waals surface area contributed by atoms with E-state index in [9.17, 15) is 9.59 Å². The van der Waals surface area contributed by atoms with Crippen molar-refractivity contribution >= 4 is 40.2 Å². The SMILES string of the molecule is CCn1cc(NC(=O)CCn2ncc(I)c2C)c(C(=O)OC)n1. The van der Waals surface area contributed by atoms with Gasteiger partial charge in [0.1, 0.15) is 0 Å².